The van der Waals surface area contributed by atoms with Crippen LogP contribution in [0, 0.1) is 12.3 Å². The summed E-state index contributed by atoms with van der Waals surface area (Å²) in [5.41, 5.74) is 3.07. The van der Waals surface area contributed by atoms with Gasteiger partial charge in [-0.3, -0.25) is 4.68 Å². The molecule has 0 amide bonds. The molecule has 0 spiro atoms. The van der Waals surface area contributed by atoms with E-state index in [1.165, 1.54) is 17.7 Å². The van der Waals surface area contributed by atoms with Crippen molar-refractivity contribution in [2.75, 3.05) is 6.54 Å². The molecule has 1 aromatic heterocycles. The van der Waals surface area contributed by atoms with E-state index in [0.29, 0.717) is 11.5 Å². The fourth-order valence-corrected chi connectivity index (χ4v) is 2.17. The van der Waals surface area contributed by atoms with Crippen molar-refractivity contribution in [3.63, 3.8) is 0 Å². The van der Waals surface area contributed by atoms with Gasteiger partial charge in [0, 0.05) is 30.9 Å². The predicted octanol–water partition coefficient (Wildman–Crippen LogP) is 1.79. The Morgan fingerprint density at radius 1 is 1.71 bits per heavy atom. The smallest absolute Gasteiger partial charge is 0.0540 e. The predicted molar refractivity (Wildman–Crippen MR) is 57.1 cm³/mol. The van der Waals surface area contributed by atoms with Gasteiger partial charge in [-0.25, -0.2) is 0 Å². The molecule has 1 aromatic rings. The van der Waals surface area contributed by atoms with Crippen molar-refractivity contribution >= 4 is 0 Å². The molecule has 0 aliphatic carbocycles. The van der Waals surface area contributed by atoms with E-state index >= 15 is 0 Å². The quantitative estimate of drug-likeness (QED) is 0.776. The third-order valence-electron chi connectivity index (χ3n) is 3.80. The highest BCUT2D eigenvalue weighted by atomic mass is 15.3. The van der Waals surface area contributed by atoms with Crippen LogP contribution in [0.3, 0.4) is 0 Å². The van der Waals surface area contributed by atoms with Gasteiger partial charge in [-0.15, -0.1) is 0 Å². The number of hydrogen-bond donors (Lipinski definition) is 1. The summed E-state index contributed by atoms with van der Waals surface area (Å²) < 4.78 is 1.95. The first kappa shape index (κ1) is 9.71. The first-order valence-corrected chi connectivity index (χ1v) is 5.30. The Kier molecular flexibility index (Phi) is 2.14. The Balaban J connectivity index is 2.28. The van der Waals surface area contributed by atoms with Crippen molar-refractivity contribution in [3.05, 3.63) is 17.5 Å². The molecule has 3 heteroatoms. The highest BCUT2D eigenvalue weighted by molar-refractivity contribution is 5.26. The molecule has 1 aliphatic rings. The average Bonchev–Trinajstić information content (AvgIpc) is 2.47. The Bertz CT molecular complexity index is 338. The maximum atomic E-state index is 4.30. The number of rotatable bonds is 2. The molecular formula is C11H19N3. The molecule has 0 aromatic carbocycles. The van der Waals surface area contributed by atoms with E-state index in [-0.39, 0.29) is 0 Å². The third-order valence-corrected chi connectivity index (χ3v) is 3.80. The van der Waals surface area contributed by atoms with Gasteiger partial charge in [-0.1, -0.05) is 13.8 Å². The van der Waals surface area contributed by atoms with Crippen LogP contribution in [0.1, 0.15) is 37.6 Å². The van der Waals surface area contributed by atoms with Crippen LogP contribution in [0.2, 0.25) is 0 Å². The first-order valence-electron chi connectivity index (χ1n) is 5.30. The second kappa shape index (κ2) is 3.09. The zero-order chi connectivity index (χ0) is 10.3. The van der Waals surface area contributed by atoms with Gasteiger partial charge in [0.25, 0.3) is 0 Å². The van der Waals surface area contributed by atoms with Crippen molar-refractivity contribution in [3.8, 4) is 0 Å². The molecule has 3 nitrogen and oxygen atoms in total. The zero-order valence-electron chi connectivity index (χ0n) is 9.46. The van der Waals surface area contributed by atoms with Crippen molar-refractivity contribution in [2.24, 2.45) is 12.5 Å². The topological polar surface area (TPSA) is 29.9 Å². The lowest BCUT2D eigenvalue weighted by Gasteiger charge is -2.48. The molecular weight excluding hydrogens is 174 g/mol. The molecule has 0 bridgehead atoms. The number of hydrogen-bond acceptors (Lipinski definition) is 2. The molecule has 1 N–H and O–H groups in total. The maximum Gasteiger partial charge on any atom is 0.0540 e. The number of nitrogens with zero attached hydrogens (tertiary/aromatic N) is 2. The Labute approximate surface area is 85.5 Å². The van der Waals surface area contributed by atoms with E-state index in [0.717, 1.165) is 6.54 Å². The van der Waals surface area contributed by atoms with Gasteiger partial charge in [-0.05, 0) is 18.8 Å². The first-order chi connectivity index (χ1) is 6.58. The fourth-order valence-electron chi connectivity index (χ4n) is 2.17. The summed E-state index contributed by atoms with van der Waals surface area (Å²) in [6.45, 7) is 7.88. The number of aromatic nitrogens is 2. The van der Waals surface area contributed by atoms with Crippen LogP contribution in [-0.4, -0.2) is 16.3 Å². The van der Waals surface area contributed by atoms with Gasteiger partial charge in [0.1, 0.15) is 0 Å². The summed E-state index contributed by atoms with van der Waals surface area (Å²) in [6, 6.07) is 0.501. The van der Waals surface area contributed by atoms with Crippen LogP contribution in [-0.2, 0) is 7.05 Å². The minimum Gasteiger partial charge on any atom is -0.309 e. The minimum atomic E-state index is 0.424. The largest absolute Gasteiger partial charge is 0.309 e. The molecule has 14 heavy (non-hydrogen) atoms. The molecule has 1 fully saturated rings. The molecule has 2 rings (SSSR count). The molecule has 1 aliphatic heterocycles. The summed E-state index contributed by atoms with van der Waals surface area (Å²) >= 11 is 0. The van der Waals surface area contributed by atoms with Gasteiger partial charge >= 0.3 is 0 Å². The van der Waals surface area contributed by atoms with Gasteiger partial charge in [0.2, 0.25) is 0 Å². The standard InChI is InChI=1S/C11H19N3/c1-5-11(3)7-12-10(11)9-6-13-14(4)8(9)2/h6,10,12H,5,7H2,1-4H3. The Morgan fingerprint density at radius 3 is 2.79 bits per heavy atom. The van der Waals surface area contributed by atoms with Gasteiger partial charge < -0.3 is 5.32 Å². The number of nitrogens with one attached hydrogen (secondary N) is 1. The third kappa shape index (κ3) is 1.19. The number of aryl methyl sites for hydroxylation is 1. The van der Waals surface area contributed by atoms with Crippen LogP contribution >= 0.6 is 0 Å². The minimum absolute atomic E-state index is 0.424. The Hall–Kier alpha value is -0.830. The van der Waals surface area contributed by atoms with E-state index in [1.807, 2.05) is 17.9 Å². The van der Waals surface area contributed by atoms with Crippen molar-refractivity contribution in [1.29, 1.82) is 0 Å². The molecule has 0 saturated carbocycles. The van der Waals surface area contributed by atoms with E-state index in [4.69, 9.17) is 0 Å². The zero-order valence-corrected chi connectivity index (χ0v) is 9.46. The van der Waals surface area contributed by atoms with E-state index < -0.39 is 0 Å². The summed E-state index contributed by atoms with van der Waals surface area (Å²) in [6.07, 6.45) is 3.22. The molecule has 0 radical (unpaired) electrons. The highest BCUT2D eigenvalue weighted by Gasteiger charge is 2.42. The lowest BCUT2D eigenvalue weighted by Crippen LogP contribution is -2.54. The SMILES string of the molecule is CCC1(C)CNC1c1cnn(C)c1C. The lowest BCUT2D eigenvalue weighted by atomic mass is 9.70. The molecule has 2 heterocycles. The van der Waals surface area contributed by atoms with E-state index in [1.54, 1.807) is 0 Å². The molecule has 78 valence electrons. The van der Waals surface area contributed by atoms with Crippen LogP contribution in [0.25, 0.3) is 0 Å². The molecule has 1 saturated heterocycles. The molecule has 2 atom stereocenters. The summed E-state index contributed by atoms with van der Waals surface area (Å²) in [4.78, 5) is 0. The normalized spacial score (nSPS) is 31.6. The van der Waals surface area contributed by atoms with Gasteiger partial charge in [0.05, 0.1) is 6.20 Å². The van der Waals surface area contributed by atoms with E-state index in [2.05, 4.69) is 31.2 Å². The monoisotopic (exact) mass is 193 g/mol. The lowest BCUT2D eigenvalue weighted by molar-refractivity contribution is 0.0983. The highest BCUT2D eigenvalue weighted by Crippen LogP contribution is 2.43. The Morgan fingerprint density at radius 2 is 2.43 bits per heavy atom. The summed E-state index contributed by atoms with van der Waals surface area (Å²) in [7, 11) is 2.00. The van der Waals surface area contributed by atoms with Gasteiger partial charge in [-0.2, -0.15) is 5.10 Å². The van der Waals surface area contributed by atoms with Crippen LogP contribution in [0.4, 0.5) is 0 Å². The second-order valence-corrected chi connectivity index (χ2v) is 4.63. The van der Waals surface area contributed by atoms with Gasteiger partial charge in [0.15, 0.2) is 0 Å². The van der Waals surface area contributed by atoms with Crippen LogP contribution in [0.15, 0.2) is 6.20 Å². The van der Waals surface area contributed by atoms with Crippen LogP contribution in [0.5, 0.6) is 0 Å². The van der Waals surface area contributed by atoms with Crippen molar-refractivity contribution < 1.29 is 0 Å². The van der Waals surface area contributed by atoms with E-state index in [9.17, 15) is 0 Å². The maximum absolute atomic E-state index is 4.30. The van der Waals surface area contributed by atoms with Crippen molar-refractivity contribution in [1.82, 2.24) is 15.1 Å². The van der Waals surface area contributed by atoms with Crippen molar-refractivity contribution in [2.45, 2.75) is 33.2 Å². The summed E-state index contributed by atoms with van der Waals surface area (Å²) in [5, 5.41) is 7.80. The fraction of sp³-hybridized carbons (Fsp3) is 0.727. The average molecular weight is 193 g/mol. The molecule has 2 unspecified atom stereocenters. The van der Waals surface area contributed by atoms with Crippen LogP contribution < -0.4 is 5.32 Å². The summed E-state index contributed by atoms with van der Waals surface area (Å²) in [5.74, 6) is 0. The second-order valence-electron chi connectivity index (χ2n) is 4.63.